The summed E-state index contributed by atoms with van der Waals surface area (Å²) in [6.07, 6.45) is 12.6. The zero-order chi connectivity index (χ0) is 16.5. The van der Waals surface area contributed by atoms with E-state index in [4.69, 9.17) is 6.42 Å². The first kappa shape index (κ1) is 15.4. The van der Waals surface area contributed by atoms with Gasteiger partial charge in [-0.3, -0.25) is 4.79 Å². The maximum Gasteiger partial charge on any atom is 0.155 e. The topological polar surface area (TPSA) is 37.3 Å². The monoisotopic (exact) mass is 316 g/mol. The van der Waals surface area contributed by atoms with E-state index in [-0.39, 0.29) is 23.0 Å². The molecule has 3 fully saturated rings. The molecule has 4 rings (SSSR count). The fourth-order valence-electron chi connectivity index (χ4n) is 6.39. The van der Waals surface area contributed by atoms with Crippen molar-refractivity contribution in [2.24, 2.45) is 23.2 Å². The van der Waals surface area contributed by atoms with Gasteiger partial charge in [-0.2, -0.15) is 0 Å². The summed E-state index contributed by atoms with van der Waals surface area (Å²) in [5.41, 5.74) is -1.88. The number of allylic oxidation sites excluding steroid dienone is 1. The minimum absolute atomic E-state index is 0.00574. The average molecular weight is 316 g/mol. The van der Waals surface area contributed by atoms with Gasteiger partial charge in [0.1, 0.15) is 11.3 Å². The van der Waals surface area contributed by atoms with Gasteiger partial charge in [-0.15, -0.1) is 6.42 Å². The van der Waals surface area contributed by atoms with Crippen molar-refractivity contribution >= 4 is 5.78 Å². The molecule has 0 bridgehead atoms. The number of carbonyl (C=O) groups is 1. The second kappa shape index (κ2) is 4.70. The van der Waals surface area contributed by atoms with Crippen LogP contribution in [0.1, 0.15) is 58.3 Å². The van der Waals surface area contributed by atoms with Crippen molar-refractivity contribution in [1.29, 1.82) is 0 Å². The summed E-state index contributed by atoms with van der Waals surface area (Å²) in [4.78, 5) is 11.7. The van der Waals surface area contributed by atoms with E-state index in [9.17, 15) is 9.90 Å². The summed E-state index contributed by atoms with van der Waals surface area (Å²) in [5, 5.41) is 10.9. The second-order valence-corrected chi connectivity index (χ2v) is 8.41. The molecule has 0 radical (unpaired) electrons. The van der Waals surface area contributed by atoms with Gasteiger partial charge in [0, 0.05) is 17.8 Å². The quantitative estimate of drug-likeness (QED) is 0.694. The van der Waals surface area contributed by atoms with Crippen LogP contribution in [0, 0.1) is 35.5 Å². The van der Waals surface area contributed by atoms with Gasteiger partial charge in [0.15, 0.2) is 5.78 Å². The maximum atomic E-state index is 15.9. The Morgan fingerprint density at radius 1 is 1.22 bits per heavy atom. The summed E-state index contributed by atoms with van der Waals surface area (Å²) in [7, 11) is 0. The Morgan fingerprint density at radius 2 is 1.96 bits per heavy atom. The highest BCUT2D eigenvalue weighted by molar-refractivity contribution is 5.92. The molecule has 0 aromatic heterocycles. The van der Waals surface area contributed by atoms with Gasteiger partial charge < -0.3 is 5.11 Å². The van der Waals surface area contributed by atoms with Crippen molar-refractivity contribution in [2.45, 2.75) is 69.6 Å². The van der Waals surface area contributed by atoms with E-state index in [1.165, 1.54) is 0 Å². The first-order chi connectivity index (χ1) is 10.8. The SMILES string of the molecule is C#CC1(O)CC[C@H]2[C@@H]3CCC4=CC(=O)CCC4(F)[C@H]3CC[C@@]21C. The molecular formula is C20H25FO2. The van der Waals surface area contributed by atoms with Crippen LogP contribution in [0.2, 0.25) is 0 Å². The summed E-state index contributed by atoms with van der Waals surface area (Å²) in [6.45, 7) is 2.11. The summed E-state index contributed by atoms with van der Waals surface area (Å²) >= 11 is 0. The van der Waals surface area contributed by atoms with Gasteiger partial charge in [0.05, 0.1) is 0 Å². The van der Waals surface area contributed by atoms with Gasteiger partial charge >= 0.3 is 0 Å². The van der Waals surface area contributed by atoms with Crippen molar-refractivity contribution in [2.75, 3.05) is 0 Å². The predicted octanol–water partition coefficient (Wildman–Crippen LogP) is 3.58. The molecule has 1 N–H and O–H groups in total. The van der Waals surface area contributed by atoms with E-state index in [1.807, 2.05) is 0 Å². The number of carbonyl (C=O) groups excluding carboxylic acids is 1. The van der Waals surface area contributed by atoms with Crippen molar-refractivity contribution in [3.63, 3.8) is 0 Å². The molecule has 2 nitrogen and oxygen atoms in total. The van der Waals surface area contributed by atoms with Gasteiger partial charge in [0.2, 0.25) is 0 Å². The lowest BCUT2D eigenvalue weighted by molar-refractivity contribution is -0.122. The number of rotatable bonds is 0. The number of terminal acetylenes is 1. The Hall–Kier alpha value is -1.14. The third-order valence-electron chi connectivity index (χ3n) is 7.77. The lowest BCUT2D eigenvalue weighted by atomic mass is 9.50. The minimum Gasteiger partial charge on any atom is -0.377 e. The van der Waals surface area contributed by atoms with Crippen LogP contribution in [-0.4, -0.2) is 22.2 Å². The first-order valence-corrected chi connectivity index (χ1v) is 8.97. The van der Waals surface area contributed by atoms with E-state index >= 15 is 4.39 Å². The molecule has 0 heterocycles. The molecule has 0 aliphatic heterocycles. The van der Waals surface area contributed by atoms with Crippen molar-refractivity contribution < 1.29 is 14.3 Å². The number of aliphatic hydroxyl groups is 1. The van der Waals surface area contributed by atoms with Crippen molar-refractivity contribution in [1.82, 2.24) is 0 Å². The molecule has 124 valence electrons. The van der Waals surface area contributed by atoms with Crippen LogP contribution in [0.25, 0.3) is 0 Å². The minimum atomic E-state index is -1.30. The normalized spacial score (nSPS) is 52.0. The third kappa shape index (κ3) is 1.82. The van der Waals surface area contributed by atoms with Crippen LogP contribution >= 0.6 is 0 Å². The molecule has 3 saturated carbocycles. The molecule has 2 unspecified atom stereocenters. The number of hydrogen-bond donors (Lipinski definition) is 1. The van der Waals surface area contributed by atoms with Crippen molar-refractivity contribution in [3.8, 4) is 12.3 Å². The average Bonchev–Trinajstić information content (AvgIpc) is 2.80. The molecule has 0 aromatic carbocycles. The van der Waals surface area contributed by atoms with Crippen LogP contribution in [-0.2, 0) is 4.79 Å². The molecule has 3 heteroatoms. The lowest BCUT2D eigenvalue weighted by Crippen LogP contribution is -2.56. The highest BCUT2D eigenvalue weighted by atomic mass is 19.1. The Kier molecular flexibility index (Phi) is 3.14. The van der Waals surface area contributed by atoms with E-state index in [0.717, 1.165) is 31.3 Å². The van der Waals surface area contributed by atoms with Gasteiger partial charge in [-0.05, 0) is 68.4 Å². The molecule has 23 heavy (non-hydrogen) atoms. The standard InChI is InChI=1S/C20H25FO2/c1-3-19(23)10-8-16-15-5-4-13-12-14(22)6-11-20(13,21)17(15)7-9-18(16,19)2/h1,12,15-17,23H,4-11H2,2H3/t15-,16-,17-,18-,19?,20?/m0/s1. The van der Waals surface area contributed by atoms with Crippen LogP contribution < -0.4 is 0 Å². The van der Waals surface area contributed by atoms with E-state index in [1.54, 1.807) is 6.08 Å². The Morgan fingerprint density at radius 3 is 2.70 bits per heavy atom. The van der Waals surface area contributed by atoms with E-state index < -0.39 is 11.3 Å². The summed E-state index contributed by atoms with van der Waals surface area (Å²) < 4.78 is 15.9. The lowest BCUT2D eigenvalue weighted by Gasteiger charge is -2.56. The fraction of sp³-hybridized carbons (Fsp3) is 0.750. The number of halogens is 1. The Bertz CT molecular complexity index is 632. The van der Waals surface area contributed by atoms with E-state index in [2.05, 4.69) is 12.8 Å². The smallest absolute Gasteiger partial charge is 0.155 e. The molecule has 0 saturated heterocycles. The largest absolute Gasteiger partial charge is 0.377 e. The number of fused-ring (bicyclic) bond motifs is 5. The third-order valence-corrected chi connectivity index (χ3v) is 7.77. The first-order valence-electron chi connectivity index (χ1n) is 8.97. The molecule has 0 amide bonds. The maximum absolute atomic E-state index is 15.9. The predicted molar refractivity (Wildman–Crippen MR) is 86.2 cm³/mol. The van der Waals surface area contributed by atoms with Crippen LogP contribution in [0.3, 0.4) is 0 Å². The van der Waals surface area contributed by atoms with Crippen LogP contribution in [0.4, 0.5) is 4.39 Å². The molecule has 6 atom stereocenters. The fourth-order valence-corrected chi connectivity index (χ4v) is 6.39. The van der Waals surface area contributed by atoms with Crippen LogP contribution in [0.15, 0.2) is 11.6 Å². The zero-order valence-electron chi connectivity index (χ0n) is 13.8. The second-order valence-electron chi connectivity index (χ2n) is 8.41. The molecule has 4 aliphatic carbocycles. The van der Waals surface area contributed by atoms with Crippen LogP contribution in [0.5, 0.6) is 0 Å². The Labute approximate surface area is 137 Å². The molecule has 0 spiro atoms. The molecular weight excluding hydrogens is 291 g/mol. The summed E-state index contributed by atoms with van der Waals surface area (Å²) in [5.74, 6) is 3.31. The molecule has 0 aromatic rings. The zero-order valence-corrected chi connectivity index (χ0v) is 13.8. The number of alkyl halides is 1. The van der Waals surface area contributed by atoms with Gasteiger partial charge in [0.25, 0.3) is 0 Å². The van der Waals surface area contributed by atoms with Crippen molar-refractivity contribution in [3.05, 3.63) is 11.6 Å². The number of hydrogen-bond acceptors (Lipinski definition) is 2. The highest BCUT2D eigenvalue weighted by Gasteiger charge is 2.64. The summed E-state index contributed by atoms with van der Waals surface area (Å²) in [6, 6.07) is 0. The van der Waals surface area contributed by atoms with Gasteiger partial charge in [-0.25, -0.2) is 4.39 Å². The molecule has 4 aliphatic rings. The number of ketones is 1. The van der Waals surface area contributed by atoms with Gasteiger partial charge in [-0.1, -0.05) is 12.8 Å². The Balaban J connectivity index is 1.70. The highest BCUT2D eigenvalue weighted by Crippen LogP contribution is 2.66. The van der Waals surface area contributed by atoms with E-state index in [0.29, 0.717) is 31.6 Å².